The minimum atomic E-state index is 0.511. The molecule has 1 atom stereocenters. The molecule has 1 aromatic carbocycles. The molecule has 1 N–H and O–H groups in total. The van der Waals surface area contributed by atoms with Gasteiger partial charge in [0.15, 0.2) is 0 Å². The van der Waals surface area contributed by atoms with Crippen molar-refractivity contribution >= 4 is 0 Å². The summed E-state index contributed by atoms with van der Waals surface area (Å²) in [7, 11) is 2.20. The van der Waals surface area contributed by atoms with Crippen LogP contribution in [0.1, 0.15) is 35.4 Å². The zero-order valence-electron chi connectivity index (χ0n) is 13.7. The molecule has 0 saturated carbocycles. The summed E-state index contributed by atoms with van der Waals surface area (Å²) in [5.74, 6) is 0.511. The van der Waals surface area contributed by atoms with Gasteiger partial charge in [0.1, 0.15) is 0 Å². The lowest BCUT2D eigenvalue weighted by Gasteiger charge is -2.30. The maximum atomic E-state index is 3.57. The minimum absolute atomic E-state index is 0.511. The van der Waals surface area contributed by atoms with E-state index in [4.69, 9.17) is 0 Å². The van der Waals surface area contributed by atoms with Gasteiger partial charge in [-0.1, -0.05) is 62.6 Å². The van der Waals surface area contributed by atoms with Crippen molar-refractivity contribution in [3.8, 4) is 0 Å². The number of likely N-dealkylation sites (N-methyl/N-ethyl adjacent to an activating group) is 1. The summed E-state index contributed by atoms with van der Waals surface area (Å²) in [4.78, 5) is 5.97. The van der Waals surface area contributed by atoms with Gasteiger partial charge in [0.25, 0.3) is 0 Å². The van der Waals surface area contributed by atoms with E-state index in [1.165, 1.54) is 22.5 Å². The van der Waals surface area contributed by atoms with Crippen molar-refractivity contribution in [1.82, 2.24) is 9.88 Å². The maximum Gasteiger partial charge on any atom is 0.0385 e. The highest BCUT2D eigenvalue weighted by Crippen LogP contribution is 2.33. The summed E-state index contributed by atoms with van der Waals surface area (Å²) in [5.41, 5.74) is 5.67. The lowest BCUT2D eigenvalue weighted by Crippen LogP contribution is -2.30. The van der Waals surface area contributed by atoms with E-state index in [2.05, 4.69) is 73.4 Å². The summed E-state index contributed by atoms with van der Waals surface area (Å²) >= 11 is 0. The molecule has 2 heterocycles. The van der Waals surface area contributed by atoms with E-state index >= 15 is 0 Å². The molecule has 2 nitrogen and oxygen atoms in total. The molecule has 2 aromatic rings. The Balaban J connectivity index is 0.000000396. The van der Waals surface area contributed by atoms with Crippen LogP contribution in [0.25, 0.3) is 0 Å². The van der Waals surface area contributed by atoms with Crippen LogP contribution in [0.2, 0.25) is 0 Å². The smallest absolute Gasteiger partial charge is 0.0385 e. The van der Waals surface area contributed by atoms with E-state index in [9.17, 15) is 0 Å². The lowest BCUT2D eigenvalue weighted by molar-refractivity contribution is 0.292. The van der Waals surface area contributed by atoms with Crippen LogP contribution < -0.4 is 0 Å². The molecule has 1 aliphatic heterocycles. The third kappa shape index (κ3) is 3.77. The van der Waals surface area contributed by atoms with Gasteiger partial charge in [-0.3, -0.25) is 4.90 Å². The molecule has 1 aromatic heterocycles. The number of rotatable bonds is 3. The molecular weight excluding hydrogens is 268 g/mol. The van der Waals surface area contributed by atoms with Gasteiger partial charge in [0.05, 0.1) is 0 Å². The Kier molecular flexibility index (Phi) is 5.79. The average Bonchev–Trinajstić information content (AvgIpc) is 2.98. The van der Waals surface area contributed by atoms with Crippen LogP contribution in [-0.4, -0.2) is 23.5 Å². The zero-order chi connectivity index (χ0) is 15.9. The molecule has 0 aliphatic carbocycles. The molecular formula is C20H26N2. The van der Waals surface area contributed by atoms with Gasteiger partial charge in [0, 0.05) is 30.4 Å². The van der Waals surface area contributed by atoms with Crippen LogP contribution in [0, 0.1) is 0 Å². The van der Waals surface area contributed by atoms with Gasteiger partial charge in [-0.15, -0.1) is 0 Å². The number of fused-ring (bicyclic) bond motifs is 1. The molecule has 0 saturated heterocycles. The van der Waals surface area contributed by atoms with Crippen molar-refractivity contribution in [3.05, 3.63) is 84.2 Å². The highest BCUT2D eigenvalue weighted by Gasteiger charge is 2.26. The summed E-state index contributed by atoms with van der Waals surface area (Å²) in [6, 6.07) is 13.2. The van der Waals surface area contributed by atoms with Gasteiger partial charge in [-0.25, -0.2) is 0 Å². The third-order valence-corrected chi connectivity index (χ3v) is 4.04. The van der Waals surface area contributed by atoms with Crippen molar-refractivity contribution in [2.75, 3.05) is 13.6 Å². The fraction of sp³-hybridized carbons (Fsp3) is 0.300. The van der Waals surface area contributed by atoms with Crippen molar-refractivity contribution in [2.24, 2.45) is 0 Å². The second-order valence-electron chi connectivity index (χ2n) is 5.71. The number of aromatic amines is 1. The van der Waals surface area contributed by atoms with Crippen molar-refractivity contribution < 1.29 is 0 Å². The fourth-order valence-corrected chi connectivity index (χ4v) is 2.92. The van der Waals surface area contributed by atoms with E-state index in [1.54, 1.807) is 12.2 Å². The first kappa shape index (κ1) is 16.3. The maximum absolute atomic E-state index is 3.57. The lowest BCUT2D eigenvalue weighted by atomic mass is 9.88. The molecule has 22 heavy (non-hydrogen) atoms. The molecule has 0 amide bonds. The molecule has 0 spiro atoms. The molecule has 116 valence electrons. The summed E-state index contributed by atoms with van der Waals surface area (Å²) in [6.45, 7) is 11.1. The predicted octanol–water partition coefficient (Wildman–Crippen LogP) is 4.51. The van der Waals surface area contributed by atoms with Gasteiger partial charge in [-0.2, -0.15) is 0 Å². The van der Waals surface area contributed by atoms with E-state index in [-0.39, 0.29) is 0 Å². The number of hydrogen-bond donors (Lipinski definition) is 1. The Labute approximate surface area is 134 Å². The summed E-state index contributed by atoms with van der Waals surface area (Å²) in [5, 5.41) is 0. The second-order valence-corrected chi connectivity index (χ2v) is 5.71. The Morgan fingerprint density at radius 1 is 1.23 bits per heavy atom. The first-order chi connectivity index (χ1) is 10.7. The monoisotopic (exact) mass is 294 g/mol. The Morgan fingerprint density at radius 2 is 1.91 bits per heavy atom. The Bertz CT molecular complexity index is 604. The van der Waals surface area contributed by atoms with Crippen LogP contribution in [0.3, 0.4) is 0 Å². The number of aromatic nitrogens is 1. The molecule has 0 radical (unpaired) electrons. The molecule has 1 unspecified atom stereocenters. The summed E-state index contributed by atoms with van der Waals surface area (Å²) in [6.07, 6.45) is 4.36. The average molecular weight is 294 g/mol. The van der Waals surface area contributed by atoms with Crippen LogP contribution in [-0.2, 0) is 13.0 Å². The normalized spacial score (nSPS) is 17.1. The third-order valence-electron chi connectivity index (χ3n) is 4.04. The highest BCUT2D eigenvalue weighted by atomic mass is 15.1. The van der Waals surface area contributed by atoms with E-state index in [1.807, 2.05) is 0 Å². The zero-order valence-corrected chi connectivity index (χ0v) is 13.7. The van der Waals surface area contributed by atoms with Crippen LogP contribution in [0.15, 0.2) is 61.7 Å². The van der Waals surface area contributed by atoms with E-state index in [0.29, 0.717) is 5.92 Å². The topological polar surface area (TPSA) is 19.0 Å². The van der Waals surface area contributed by atoms with E-state index < -0.39 is 0 Å². The quantitative estimate of drug-likeness (QED) is 0.825. The fourth-order valence-electron chi connectivity index (χ4n) is 2.92. The van der Waals surface area contributed by atoms with Gasteiger partial charge in [-0.05, 0) is 30.7 Å². The standard InChI is InChI=1S/C16H20N2.C4H6/c1-3-13-9-14-15(12-7-5-4-6-8-12)10-18(2)11-16(14)17-13;1-3-4-2/h4-9,15,17H,3,10-11H2,1-2H3;3-4H,1-2H2. The number of hydrogen-bond acceptors (Lipinski definition) is 1. The minimum Gasteiger partial charge on any atom is -0.361 e. The Morgan fingerprint density at radius 3 is 2.50 bits per heavy atom. The van der Waals surface area contributed by atoms with Gasteiger partial charge in [0.2, 0.25) is 0 Å². The van der Waals surface area contributed by atoms with Crippen LogP contribution in [0.4, 0.5) is 0 Å². The molecule has 1 aliphatic rings. The van der Waals surface area contributed by atoms with Crippen molar-refractivity contribution in [2.45, 2.75) is 25.8 Å². The van der Waals surface area contributed by atoms with Crippen molar-refractivity contribution in [1.29, 1.82) is 0 Å². The number of H-pyrrole nitrogens is 1. The largest absolute Gasteiger partial charge is 0.361 e. The number of allylic oxidation sites excluding steroid dienone is 2. The Hall–Kier alpha value is -2.06. The first-order valence-electron chi connectivity index (χ1n) is 7.87. The van der Waals surface area contributed by atoms with Gasteiger partial charge >= 0.3 is 0 Å². The molecule has 0 fully saturated rings. The number of nitrogens with zero attached hydrogens (tertiary/aromatic N) is 1. The summed E-state index contributed by atoms with van der Waals surface area (Å²) < 4.78 is 0. The van der Waals surface area contributed by atoms with Gasteiger partial charge < -0.3 is 4.98 Å². The second kappa shape index (κ2) is 7.81. The molecule has 2 heteroatoms. The predicted molar refractivity (Wildman–Crippen MR) is 95.2 cm³/mol. The first-order valence-corrected chi connectivity index (χ1v) is 7.87. The molecule has 3 rings (SSSR count). The van der Waals surface area contributed by atoms with E-state index in [0.717, 1.165) is 19.5 Å². The molecule has 0 bridgehead atoms. The SMILES string of the molecule is C=CC=C.CCc1cc2c([nH]1)CN(C)CC2c1ccccc1. The number of nitrogens with one attached hydrogen (secondary N) is 1. The number of benzene rings is 1. The number of aryl methyl sites for hydroxylation is 1. The van der Waals surface area contributed by atoms with Crippen LogP contribution >= 0.6 is 0 Å². The van der Waals surface area contributed by atoms with Crippen molar-refractivity contribution in [3.63, 3.8) is 0 Å². The highest BCUT2D eigenvalue weighted by molar-refractivity contribution is 5.39. The van der Waals surface area contributed by atoms with Crippen LogP contribution in [0.5, 0.6) is 0 Å².